The van der Waals surface area contributed by atoms with Crippen molar-refractivity contribution in [1.82, 2.24) is 0 Å². The van der Waals surface area contributed by atoms with Crippen LogP contribution in [-0.2, 0) is 0 Å². The molecule has 12 heavy (non-hydrogen) atoms. The summed E-state index contributed by atoms with van der Waals surface area (Å²) in [6.07, 6.45) is 7.08. The van der Waals surface area contributed by atoms with Gasteiger partial charge in [0.2, 0.25) is 0 Å². The van der Waals surface area contributed by atoms with Crippen molar-refractivity contribution in [3.8, 4) is 6.07 Å². The number of rotatable bonds is 2. The largest absolute Gasteiger partial charge is 0.192 e. The maximum atomic E-state index is 8.73. The highest BCUT2D eigenvalue weighted by atomic mass is 14.5. The van der Waals surface area contributed by atoms with Crippen LogP contribution in [0, 0.1) is 22.7 Å². The van der Waals surface area contributed by atoms with Gasteiger partial charge in [-0.05, 0) is 30.8 Å². The first-order chi connectivity index (χ1) is 5.60. The van der Waals surface area contributed by atoms with Gasteiger partial charge in [-0.25, -0.2) is 0 Å². The summed E-state index contributed by atoms with van der Waals surface area (Å²) in [6.45, 7) is 6.40. The Kier molecular flexibility index (Phi) is 2.38. The predicted octanol–water partition coefficient (Wildman–Crippen LogP) is 3.06. The monoisotopic (exact) mass is 161 g/mol. The molecular formula is C11H15N. The molecule has 64 valence electrons. The molecule has 0 radical (unpaired) electrons. The van der Waals surface area contributed by atoms with E-state index in [0.29, 0.717) is 11.3 Å². The zero-order chi connectivity index (χ0) is 9.19. The van der Waals surface area contributed by atoms with Gasteiger partial charge in [-0.1, -0.05) is 26.0 Å². The van der Waals surface area contributed by atoms with Crippen molar-refractivity contribution in [2.24, 2.45) is 11.3 Å². The lowest BCUT2D eigenvalue weighted by atomic mass is 10.1. The molecule has 0 aromatic carbocycles. The van der Waals surface area contributed by atoms with Gasteiger partial charge in [0, 0.05) is 5.57 Å². The summed E-state index contributed by atoms with van der Waals surface area (Å²) in [6, 6.07) is 2.19. The molecule has 0 heterocycles. The van der Waals surface area contributed by atoms with Crippen LogP contribution < -0.4 is 0 Å². The molecule has 1 unspecified atom stereocenters. The molecule has 0 aromatic heterocycles. The van der Waals surface area contributed by atoms with Gasteiger partial charge in [-0.2, -0.15) is 5.26 Å². The number of hydrogen-bond acceptors (Lipinski definition) is 1. The molecule has 0 N–H and O–H groups in total. The van der Waals surface area contributed by atoms with E-state index in [1.165, 1.54) is 6.42 Å². The average molecular weight is 161 g/mol. The standard InChI is InChI=1S/C11H15N/c1-4-5-9(8-12)6-10-7-11(10,2)3/h4-6,10H,7H2,1-3H3. The molecule has 0 aromatic rings. The highest BCUT2D eigenvalue weighted by Crippen LogP contribution is 2.52. The summed E-state index contributed by atoms with van der Waals surface area (Å²) in [4.78, 5) is 0. The van der Waals surface area contributed by atoms with Crippen LogP contribution in [0.3, 0.4) is 0 Å². The topological polar surface area (TPSA) is 23.8 Å². The second kappa shape index (κ2) is 3.15. The van der Waals surface area contributed by atoms with E-state index in [0.717, 1.165) is 5.57 Å². The van der Waals surface area contributed by atoms with Crippen molar-refractivity contribution in [3.63, 3.8) is 0 Å². The van der Waals surface area contributed by atoms with E-state index in [9.17, 15) is 0 Å². The lowest BCUT2D eigenvalue weighted by Gasteiger charge is -1.96. The van der Waals surface area contributed by atoms with Crippen molar-refractivity contribution in [2.45, 2.75) is 27.2 Å². The van der Waals surface area contributed by atoms with Gasteiger partial charge in [0.1, 0.15) is 0 Å². The van der Waals surface area contributed by atoms with E-state index in [4.69, 9.17) is 5.26 Å². The number of allylic oxidation sites excluding steroid dienone is 4. The van der Waals surface area contributed by atoms with Crippen LogP contribution in [0.25, 0.3) is 0 Å². The minimum absolute atomic E-state index is 0.434. The lowest BCUT2D eigenvalue weighted by Crippen LogP contribution is -1.87. The first kappa shape index (κ1) is 9.06. The molecule has 1 saturated carbocycles. The van der Waals surface area contributed by atoms with Crippen molar-refractivity contribution >= 4 is 0 Å². The third-order valence-corrected chi connectivity index (χ3v) is 2.45. The van der Waals surface area contributed by atoms with Crippen molar-refractivity contribution in [1.29, 1.82) is 5.26 Å². The Balaban J connectivity index is 2.63. The number of nitrogens with zero attached hydrogens (tertiary/aromatic N) is 1. The fraction of sp³-hybridized carbons (Fsp3) is 0.545. The zero-order valence-electron chi connectivity index (χ0n) is 7.96. The van der Waals surface area contributed by atoms with Gasteiger partial charge in [-0.15, -0.1) is 0 Å². The Morgan fingerprint density at radius 3 is 2.50 bits per heavy atom. The van der Waals surface area contributed by atoms with Gasteiger partial charge in [0.15, 0.2) is 0 Å². The Morgan fingerprint density at radius 2 is 2.17 bits per heavy atom. The number of hydrogen-bond donors (Lipinski definition) is 0. The van der Waals surface area contributed by atoms with Crippen LogP contribution >= 0.6 is 0 Å². The first-order valence-corrected chi connectivity index (χ1v) is 4.35. The summed E-state index contributed by atoms with van der Waals surface area (Å²) in [5, 5.41) is 8.73. The zero-order valence-corrected chi connectivity index (χ0v) is 7.96. The van der Waals surface area contributed by atoms with Crippen LogP contribution in [0.5, 0.6) is 0 Å². The molecule has 1 atom stereocenters. The van der Waals surface area contributed by atoms with Crippen LogP contribution in [0.1, 0.15) is 27.2 Å². The second-order valence-corrected chi connectivity index (χ2v) is 4.03. The predicted molar refractivity (Wildman–Crippen MR) is 50.4 cm³/mol. The van der Waals surface area contributed by atoms with E-state index in [2.05, 4.69) is 26.0 Å². The lowest BCUT2D eigenvalue weighted by molar-refractivity contribution is 0.609. The number of nitriles is 1. The summed E-state index contributed by atoms with van der Waals surface area (Å²) in [7, 11) is 0. The first-order valence-electron chi connectivity index (χ1n) is 4.35. The molecule has 1 heteroatoms. The Bertz CT molecular complexity index is 263. The fourth-order valence-corrected chi connectivity index (χ4v) is 1.32. The fourth-order valence-electron chi connectivity index (χ4n) is 1.32. The highest BCUT2D eigenvalue weighted by molar-refractivity contribution is 5.35. The van der Waals surface area contributed by atoms with Crippen molar-refractivity contribution in [3.05, 3.63) is 23.8 Å². The van der Waals surface area contributed by atoms with Crippen LogP contribution in [0.15, 0.2) is 23.8 Å². The molecule has 0 bridgehead atoms. The second-order valence-electron chi connectivity index (χ2n) is 4.03. The Morgan fingerprint density at radius 1 is 1.58 bits per heavy atom. The average Bonchev–Trinajstić information content (AvgIpc) is 2.58. The smallest absolute Gasteiger partial charge is 0.0988 e. The van der Waals surface area contributed by atoms with Crippen LogP contribution in [0.4, 0.5) is 0 Å². The third-order valence-electron chi connectivity index (χ3n) is 2.45. The normalized spacial score (nSPS) is 27.2. The van der Waals surface area contributed by atoms with Gasteiger partial charge < -0.3 is 0 Å². The SMILES string of the molecule is CC=CC(C#N)=CC1CC1(C)C. The summed E-state index contributed by atoms with van der Waals surface area (Å²) in [5.74, 6) is 0.614. The molecule has 0 saturated heterocycles. The van der Waals surface area contributed by atoms with Crippen molar-refractivity contribution in [2.75, 3.05) is 0 Å². The molecule has 1 rings (SSSR count). The van der Waals surface area contributed by atoms with Gasteiger partial charge in [0.25, 0.3) is 0 Å². The van der Waals surface area contributed by atoms with Crippen LogP contribution in [-0.4, -0.2) is 0 Å². The Labute approximate surface area is 74.4 Å². The molecular weight excluding hydrogens is 146 g/mol. The molecule has 1 aliphatic rings. The van der Waals surface area contributed by atoms with Gasteiger partial charge in [-0.3, -0.25) is 0 Å². The van der Waals surface area contributed by atoms with Gasteiger partial charge in [0.05, 0.1) is 6.07 Å². The summed E-state index contributed by atoms with van der Waals surface area (Å²) < 4.78 is 0. The maximum Gasteiger partial charge on any atom is 0.0988 e. The van der Waals surface area contributed by atoms with E-state index >= 15 is 0 Å². The third kappa shape index (κ3) is 1.98. The van der Waals surface area contributed by atoms with Crippen molar-refractivity contribution < 1.29 is 0 Å². The Hall–Kier alpha value is -1.03. The van der Waals surface area contributed by atoms with Crippen LogP contribution in [0.2, 0.25) is 0 Å². The summed E-state index contributed by atoms with van der Waals surface area (Å²) in [5.41, 5.74) is 1.23. The molecule has 0 aliphatic heterocycles. The maximum absolute atomic E-state index is 8.73. The van der Waals surface area contributed by atoms with E-state index in [-0.39, 0.29) is 0 Å². The minimum Gasteiger partial charge on any atom is -0.192 e. The van der Waals surface area contributed by atoms with Gasteiger partial charge >= 0.3 is 0 Å². The molecule has 0 spiro atoms. The molecule has 1 nitrogen and oxygen atoms in total. The molecule has 0 amide bonds. The molecule has 1 fully saturated rings. The van der Waals surface area contributed by atoms with E-state index in [1.54, 1.807) is 0 Å². The van der Waals surface area contributed by atoms with E-state index in [1.807, 2.05) is 19.1 Å². The summed E-state index contributed by atoms with van der Waals surface area (Å²) >= 11 is 0. The van der Waals surface area contributed by atoms with E-state index < -0.39 is 0 Å². The molecule has 1 aliphatic carbocycles. The highest BCUT2D eigenvalue weighted by Gasteiger charge is 2.43. The minimum atomic E-state index is 0.434. The quantitative estimate of drug-likeness (QED) is 0.451.